The number of para-hydroxylation sites is 2. The second-order valence-corrected chi connectivity index (χ2v) is 4.84. The Labute approximate surface area is 138 Å². The number of carbonyl (C=O) groups is 1. The van der Waals surface area contributed by atoms with Gasteiger partial charge in [-0.2, -0.15) is 4.98 Å². The SMILES string of the molecule is CCOc1ccccc1OC(=O)CCc1nc(-c2ccco2)no1. The number of benzene rings is 1. The normalized spacial score (nSPS) is 10.5. The van der Waals surface area contributed by atoms with Crippen molar-refractivity contribution < 1.29 is 23.2 Å². The Morgan fingerprint density at radius 2 is 2.00 bits per heavy atom. The van der Waals surface area contributed by atoms with E-state index in [4.69, 9.17) is 18.4 Å². The smallest absolute Gasteiger partial charge is 0.311 e. The maximum atomic E-state index is 12.0. The van der Waals surface area contributed by atoms with E-state index in [2.05, 4.69) is 10.1 Å². The van der Waals surface area contributed by atoms with Crippen LogP contribution in [-0.2, 0) is 11.2 Å². The van der Waals surface area contributed by atoms with E-state index in [1.54, 1.807) is 30.3 Å². The quantitative estimate of drug-likeness (QED) is 0.486. The molecule has 24 heavy (non-hydrogen) atoms. The highest BCUT2D eigenvalue weighted by Gasteiger charge is 2.14. The summed E-state index contributed by atoms with van der Waals surface area (Å²) >= 11 is 0. The van der Waals surface area contributed by atoms with Gasteiger partial charge < -0.3 is 18.4 Å². The maximum absolute atomic E-state index is 12.0. The van der Waals surface area contributed by atoms with E-state index >= 15 is 0 Å². The molecule has 124 valence electrons. The van der Waals surface area contributed by atoms with Crippen LogP contribution in [0.3, 0.4) is 0 Å². The summed E-state index contributed by atoms with van der Waals surface area (Å²) in [6.45, 7) is 2.36. The Morgan fingerprint density at radius 1 is 1.17 bits per heavy atom. The average Bonchev–Trinajstić information content (AvgIpc) is 3.26. The minimum atomic E-state index is -0.403. The van der Waals surface area contributed by atoms with Gasteiger partial charge in [0.2, 0.25) is 11.7 Å². The first-order valence-corrected chi connectivity index (χ1v) is 7.55. The fourth-order valence-corrected chi connectivity index (χ4v) is 2.05. The van der Waals surface area contributed by atoms with E-state index in [0.29, 0.717) is 35.6 Å². The van der Waals surface area contributed by atoms with Gasteiger partial charge >= 0.3 is 5.97 Å². The number of carbonyl (C=O) groups excluding carboxylic acids is 1. The standard InChI is InChI=1S/C17H16N2O5/c1-2-21-12-6-3-4-7-13(12)23-16(20)10-9-15-18-17(19-24-15)14-8-5-11-22-14/h3-8,11H,2,9-10H2,1H3. The fraction of sp³-hybridized carbons (Fsp3) is 0.235. The van der Waals surface area contributed by atoms with Crippen LogP contribution >= 0.6 is 0 Å². The minimum Gasteiger partial charge on any atom is -0.490 e. The van der Waals surface area contributed by atoms with Crippen LogP contribution in [0.25, 0.3) is 11.6 Å². The summed E-state index contributed by atoms with van der Waals surface area (Å²) in [5, 5.41) is 3.81. The zero-order valence-electron chi connectivity index (χ0n) is 13.1. The summed E-state index contributed by atoms with van der Waals surface area (Å²) in [4.78, 5) is 16.2. The number of nitrogens with zero attached hydrogens (tertiary/aromatic N) is 2. The lowest BCUT2D eigenvalue weighted by molar-refractivity contribution is -0.134. The molecule has 0 N–H and O–H groups in total. The van der Waals surface area contributed by atoms with E-state index in [0.717, 1.165) is 0 Å². The van der Waals surface area contributed by atoms with Crippen LogP contribution < -0.4 is 9.47 Å². The van der Waals surface area contributed by atoms with Gasteiger partial charge in [0.15, 0.2) is 17.3 Å². The lowest BCUT2D eigenvalue weighted by Gasteiger charge is -2.09. The molecule has 0 aliphatic carbocycles. The molecule has 7 nitrogen and oxygen atoms in total. The Morgan fingerprint density at radius 3 is 2.75 bits per heavy atom. The van der Waals surface area contributed by atoms with Crippen LogP contribution in [0.5, 0.6) is 11.5 Å². The van der Waals surface area contributed by atoms with Gasteiger partial charge in [-0.1, -0.05) is 17.3 Å². The number of aryl methyl sites for hydroxylation is 1. The second kappa shape index (κ2) is 7.45. The van der Waals surface area contributed by atoms with E-state index in [1.807, 2.05) is 13.0 Å². The third kappa shape index (κ3) is 3.81. The average molecular weight is 328 g/mol. The van der Waals surface area contributed by atoms with Crippen LogP contribution in [-0.4, -0.2) is 22.7 Å². The van der Waals surface area contributed by atoms with Crippen molar-refractivity contribution in [2.45, 2.75) is 19.8 Å². The molecule has 2 aromatic heterocycles. The molecule has 0 atom stereocenters. The van der Waals surface area contributed by atoms with Crippen LogP contribution in [0.1, 0.15) is 19.2 Å². The molecule has 1 aromatic carbocycles. The largest absolute Gasteiger partial charge is 0.490 e. The predicted octanol–water partition coefficient (Wildman–Crippen LogP) is 3.27. The molecule has 0 bridgehead atoms. The molecule has 0 saturated heterocycles. The molecule has 0 saturated carbocycles. The van der Waals surface area contributed by atoms with E-state index in [1.165, 1.54) is 6.26 Å². The first-order valence-electron chi connectivity index (χ1n) is 7.55. The molecule has 3 rings (SSSR count). The van der Waals surface area contributed by atoms with Gasteiger partial charge in [0.05, 0.1) is 19.3 Å². The van der Waals surface area contributed by atoms with Crippen molar-refractivity contribution in [2.24, 2.45) is 0 Å². The van der Waals surface area contributed by atoms with Crippen molar-refractivity contribution in [3.8, 4) is 23.1 Å². The van der Waals surface area contributed by atoms with Gasteiger partial charge in [-0.25, -0.2) is 0 Å². The molecule has 0 amide bonds. The number of hydrogen-bond acceptors (Lipinski definition) is 7. The summed E-state index contributed by atoms with van der Waals surface area (Å²) in [6, 6.07) is 10.5. The molecular weight excluding hydrogens is 312 g/mol. The molecule has 3 aromatic rings. The van der Waals surface area contributed by atoms with Gasteiger partial charge in [0, 0.05) is 6.42 Å². The van der Waals surface area contributed by atoms with E-state index < -0.39 is 5.97 Å². The summed E-state index contributed by atoms with van der Waals surface area (Å²) in [5.74, 6) is 1.73. The van der Waals surface area contributed by atoms with Crippen LogP contribution in [0.2, 0.25) is 0 Å². The summed E-state index contributed by atoms with van der Waals surface area (Å²) < 4.78 is 21.0. The summed E-state index contributed by atoms with van der Waals surface area (Å²) in [6.07, 6.45) is 1.92. The van der Waals surface area contributed by atoms with Gasteiger partial charge in [-0.05, 0) is 31.2 Å². The Kier molecular flexibility index (Phi) is 4.90. The Hall–Kier alpha value is -3.09. The highest BCUT2D eigenvalue weighted by molar-refractivity contribution is 5.73. The second-order valence-electron chi connectivity index (χ2n) is 4.84. The first-order chi connectivity index (χ1) is 11.8. The van der Waals surface area contributed by atoms with Crippen LogP contribution in [0.15, 0.2) is 51.6 Å². The number of ether oxygens (including phenoxy) is 2. The predicted molar refractivity (Wildman–Crippen MR) is 83.6 cm³/mol. The number of aromatic nitrogens is 2. The highest BCUT2D eigenvalue weighted by atomic mass is 16.6. The lowest BCUT2D eigenvalue weighted by atomic mass is 10.3. The molecule has 0 radical (unpaired) electrons. The molecule has 0 unspecified atom stereocenters. The van der Waals surface area contributed by atoms with E-state index in [-0.39, 0.29) is 12.8 Å². The van der Waals surface area contributed by atoms with Gasteiger partial charge in [0.25, 0.3) is 0 Å². The van der Waals surface area contributed by atoms with Crippen molar-refractivity contribution in [1.82, 2.24) is 10.1 Å². The number of rotatable bonds is 7. The van der Waals surface area contributed by atoms with Crippen molar-refractivity contribution >= 4 is 5.97 Å². The minimum absolute atomic E-state index is 0.111. The molecule has 0 spiro atoms. The summed E-state index contributed by atoms with van der Waals surface area (Å²) in [7, 11) is 0. The number of hydrogen-bond donors (Lipinski definition) is 0. The molecular formula is C17H16N2O5. The third-order valence-electron chi connectivity index (χ3n) is 3.13. The van der Waals surface area contributed by atoms with E-state index in [9.17, 15) is 4.79 Å². The zero-order valence-corrected chi connectivity index (χ0v) is 13.1. The maximum Gasteiger partial charge on any atom is 0.311 e. The monoisotopic (exact) mass is 328 g/mol. The molecule has 0 aliphatic heterocycles. The van der Waals surface area contributed by atoms with Crippen LogP contribution in [0.4, 0.5) is 0 Å². The summed E-state index contributed by atoms with van der Waals surface area (Å²) in [5.41, 5.74) is 0. The Bertz CT molecular complexity index is 795. The fourth-order valence-electron chi connectivity index (χ4n) is 2.05. The van der Waals surface area contributed by atoms with Crippen molar-refractivity contribution in [3.05, 3.63) is 48.6 Å². The van der Waals surface area contributed by atoms with Crippen LogP contribution in [0, 0.1) is 0 Å². The molecule has 2 heterocycles. The first kappa shape index (κ1) is 15.8. The molecule has 0 fully saturated rings. The van der Waals surface area contributed by atoms with Crippen molar-refractivity contribution in [1.29, 1.82) is 0 Å². The number of esters is 1. The molecule has 7 heteroatoms. The number of furan rings is 1. The van der Waals surface area contributed by atoms with Gasteiger partial charge in [0.1, 0.15) is 0 Å². The zero-order chi connectivity index (χ0) is 16.8. The topological polar surface area (TPSA) is 87.6 Å². The Balaban J connectivity index is 1.56. The third-order valence-corrected chi connectivity index (χ3v) is 3.13. The lowest BCUT2D eigenvalue weighted by Crippen LogP contribution is -2.10. The highest BCUT2D eigenvalue weighted by Crippen LogP contribution is 2.26. The van der Waals surface area contributed by atoms with Gasteiger partial charge in [-0.15, -0.1) is 0 Å². The van der Waals surface area contributed by atoms with Crippen molar-refractivity contribution in [3.63, 3.8) is 0 Å². The van der Waals surface area contributed by atoms with Crippen molar-refractivity contribution in [2.75, 3.05) is 6.61 Å². The molecule has 0 aliphatic rings. The van der Waals surface area contributed by atoms with Gasteiger partial charge in [-0.3, -0.25) is 4.79 Å².